The second-order valence-electron chi connectivity index (χ2n) is 20.7. The second kappa shape index (κ2) is 19.2. The smallest absolute Gasteiger partial charge is 0.256 e. The van der Waals surface area contributed by atoms with E-state index in [4.69, 9.17) is 4.74 Å². The van der Waals surface area contributed by atoms with Crippen LogP contribution in [-0.2, 0) is 0 Å². The van der Waals surface area contributed by atoms with Crippen molar-refractivity contribution in [1.82, 2.24) is 0 Å². The first kappa shape index (κ1) is 46.7. The summed E-state index contributed by atoms with van der Waals surface area (Å²) in [4.78, 5) is 12.5. The van der Waals surface area contributed by atoms with Crippen LogP contribution in [0.25, 0.3) is 22.3 Å². The van der Waals surface area contributed by atoms with Crippen LogP contribution < -0.4 is 52.2 Å². The van der Waals surface area contributed by atoms with Gasteiger partial charge in [-0.2, -0.15) is 0 Å². The topological polar surface area (TPSA) is 19.0 Å². The number of ether oxygens (including phenoxy) is 1. The Morgan fingerprint density at radius 1 is 0.300 bits per heavy atom. The molecule has 0 atom stereocenters. The molecule has 12 aromatic rings. The van der Waals surface area contributed by atoms with Crippen molar-refractivity contribution < 1.29 is 4.74 Å². The quantitative estimate of drug-likeness (QED) is 0.133. The van der Waals surface area contributed by atoms with Gasteiger partial charge in [-0.05, 0) is 118 Å². The van der Waals surface area contributed by atoms with Gasteiger partial charge in [-0.25, -0.2) is 0 Å². The summed E-state index contributed by atoms with van der Waals surface area (Å²) in [5.74, 6) is 1.72. The van der Waals surface area contributed by atoms with Crippen LogP contribution in [0.5, 0.6) is 11.5 Å². The zero-order valence-corrected chi connectivity index (χ0v) is 45.0. The van der Waals surface area contributed by atoms with Crippen LogP contribution in [-0.4, -0.2) is 13.4 Å². The van der Waals surface area contributed by atoms with Crippen LogP contribution in [0.4, 0.5) is 51.2 Å². The molecule has 0 radical (unpaired) electrons. The number of hydrogen-bond donors (Lipinski definition) is 0. The predicted molar refractivity (Wildman–Crippen MR) is 338 cm³/mol. The van der Waals surface area contributed by atoms with Gasteiger partial charge in [-0.3, -0.25) is 0 Å². The number of fused-ring (bicyclic) bond motifs is 8. The minimum absolute atomic E-state index is 0.00326. The van der Waals surface area contributed by atoms with Gasteiger partial charge in [0, 0.05) is 76.6 Å². The number of rotatable bonds is 9. The Labute approximate surface area is 475 Å². The van der Waals surface area contributed by atoms with Crippen LogP contribution in [0.1, 0.15) is 0 Å². The molecule has 80 heavy (non-hydrogen) atoms. The number of nitrogens with zero attached hydrogens (tertiary/aromatic N) is 3. The first-order valence-corrected chi connectivity index (χ1v) is 28.9. The summed E-state index contributed by atoms with van der Waals surface area (Å²) in [5.41, 5.74) is 22.0. The van der Waals surface area contributed by atoms with Crippen molar-refractivity contribution >= 4 is 121 Å². The third-order valence-electron chi connectivity index (χ3n) is 16.2. The highest BCUT2D eigenvalue weighted by atomic mass is 32.2. The number of benzene rings is 12. The van der Waals surface area contributed by atoms with Crippen LogP contribution >= 0.6 is 23.5 Å². The Balaban J connectivity index is 1.00. The van der Waals surface area contributed by atoms with Crippen molar-refractivity contribution in [2.45, 2.75) is 19.6 Å². The fourth-order valence-corrected chi connectivity index (χ4v) is 15.3. The summed E-state index contributed by atoms with van der Waals surface area (Å²) < 4.78 is 7.32. The second-order valence-corrected chi connectivity index (χ2v) is 22.9. The van der Waals surface area contributed by atoms with Crippen molar-refractivity contribution in [3.05, 3.63) is 285 Å². The van der Waals surface area contributed by atoms with Gasteiger partial charge in [0.1, 0.15) is 11.5 Å². The summed E-state index contributed by atoms with van der Waals surface area (Å²) in [6, 6.07) is 104. The Kier molecular flexibility index (Phi) is 11.2. The molecule has 0 spiro atoms. The molecule has 0 saturated heterocycles. The molecule has 0 unspecified atom stereocenters. The van der Waals surface area contributed by atoms with Crippen molar-refractivity contribution in [2.24, 2.45) is 0 Å². The summed E-state index contributed by atoms with van der Waals surface area (Å²) in [5, 5.41) is 0. The standard InChI is InChI=1S/C72H47B2N3OS2/c1-7-24-48(25-8-1)56-36-23-37-57(49-26-9-2-10-27-49)72(56)77-62-47-67-61(74-59-39-20-22-41-66(59)79-68-44-55(45-69(80-67)71(68)74)76(52-32-15-5-16-33-52)53-34-17-6-18-35-53)46-60(62)73-58-38-19-21-40-64(58)78-65-43-54(42-63(77)70(65)73)75(50-28-11-3-12-29-50)51-30-13-4-14-31-51/h1-47H. The Bertz CT molecular complexity index is 4230. The Morgan fingerprint density at radius 2 is 0.762 bits per heavy atom. The zero-order valence-electron chi connectivity index (χ0n) is 43.4. The van der Waals surface area contributed by atoms with Crippen LogP contribution in [0.3, 0.4) is 0 Å². The molecule has 0 aliphatic carbocycles. The fraction of sp³-hybridized carbons (Fsp3) is 0. The molecule has 4 heterocycles. The number of para-hydroxylation sites is 6. The molecule has 0 aromatic heterocycles. The lowest BCUT2D eigenvalue weighted by atomic mass is 9.32. The van der Waals surface area contributed by atoms with E-state index < -0.39 is 0 Å². The normalized spacial score (nSPS) is 12.9. The lowest BCUT2D eigenvalue weighted by molar-refractivity contribution is 0.487. The third-order valence-corrected chi connectivity index (χ3v) is 18.4. The zero-order chi connectivity index (χ0) is 52.7. The Morgan fingerprint density at radius 3 is 1.32 bits per heavy atom. The molecule has 8 heteroatoms. The highest BCUT2D eigenvalue weighted by molar-refractivity contribution is 8.01. The van der Waals surface area contributed by atoms with Crippen molar-refractivity contribution in [2.75, 3.05) is 14.7 Å². The monoisotopic (exact) mass is 1060 g/mol. The minimum atomic E-state index is -0.145. The maximum absolute atomic E-state index is 7.32. The van der Waals surface area contributed by atoms with Gasteiger partial charge in [-0.15, -0.1) is 0 Å². The molecule has 0 fully saturated rings. The van der Waals surface area contributed by atoms with Crippen LogP contribution in [0, 0.1) is 0 Å². The SMILES string of the molecule is c1ccc(-c2cccc(-c3ccccc3)c2N2c3cc4c(cc3B3c5ccccc5Oc5cc(N(c6ccccc6)c6ccccc6)cc2c53)B2c3ccccc3Sc3cc(N(c5ccccc5)c5ccccc5)cc(c32)S4)cc1. The number of anilines is 9. The van der Waals surface area contributed by atoms with Crippen molar-refractivity contribution in [3.8, 4) is 33.8 Å². The van der Waals surface area contributed by atoms with Gasteiger partial charge in [0.05, 0.1) is 11.4 Å². The molecule has 16 rings (SSSR count). The van der Waals surface area contributed by atoms with E-state index in [2.05, 4.69) is 300 Å². The Hall–Kier alpha value is -9.33. The number of hydrogen-bond acceptors (Lipinski definition) is 6. The van der Waals surface area contributed by atoms with Gasteiger partial charge in [0.25, 0.3) is 6.71 Å². The van der Waals surface area contributed by atoms with Crippen molar-refractivity contribution in [1.29, 1.82) is 0 Å². The summed E-state index contributed by atoms with van der Waals surface area (Å²) in [6.45, 7) is -0.142. The average Bonchev–Trinajstić information content (AvgIpc) is 3.64. The predicted octanol–water partition coefficient (Wildman–Crippen LogP) is 15.8. The van der Waals surface area contributed by atoms with Crippen LogP contribution in [0.2, 0.25) is 0 Å². The lowest BCUT2D eigenvalue weighted by Crippen LogP contribution is -2.63. The highest BCUT2D eigenvalue weighted by Gasteiger charge is 2.46. The molecule has 0 saturated carbocycles. The average molecular weight is 1060 g/mol. The highest BCUT2D eigenvalue weighted by Crippen LogP contribution is 2.52. The minimum Gasteiger partial charge on any atom is -0.458 e. The van der Waals surface area contributed by atoms with Crippen molar-refractivity contribution in [3.63, 3.8) is 0 Å². The van der Waals surface area contributed by atoms with E-state index in [1.807, 2.05) is 23.5 Å². The van der Waals surface area contributed by atoms with Crippen LogP contribution in [0.15, 0.2) is 305 Å². The molecular weight excluding hydrogens is 1010 g/mol. The van der Waals surface area contributed by atoms with E-state index >= 15 is 0 Å². The molecule has 0 N–H and O–H groups in total. The first-order valence-electron chi connectivity index (χ1n) is 27.3. The van der Waals surface area contributed by atoms with Gasteiger partial charge in [-0.1, -0.05) is 229 Å². The molecule has 4 nitrogen and oxygen atoms in total. The van der Waals surface area contributed by atoms with Gasteiger partial charge < -0.3 is 19.4 Å². The molecule has 0 amide bonds. The van der Waals surface area contributed by atoms with Gasteiger partial charge in [0.15, 0.2) is 0 Å². The van der Waals surface area contributed by atoms with E-state index in [1.54, 1.807) is 0 Å². The molecule has 4 aliphatic rings. The first-order chi connectivity index (χ1) is 39.7. The molecular formula is C72H47B2N3OS2. The fourth-order valence-electron chi connectivity index (χ4n) is 12.8. The molecule has 4 aliphatic heterocycles. The summed E-state index contributed by atoms with van der Waals surface area (Å²) >= 11 is 3.81. The summed E-state index contributed by atoms with van der Waals surface area (Å²) in [6.07, 6.45) is 0. The van der Waals surface area contributed by atoms with E-state index in [1.165, 1.54) is 41.4 Å². The van der Waals surface area contributed by atoms with E-state index in [-0.39, 0.29) is 13.4 Å². The maximum atomic E-state index is 7.32. The maximum Gasteiger partial charge on any atom is 0.256 e. The summed E-state index contributed by atoms with van der Waals surface area (Å²) in [7, 11) is 0. The van der Waals surface area contributed by atoms with Gasteiger partial charge in [0.2, 0.25) is 6.71 Å². The molecule has 0 bridgehead atoms. The van der Waals surface area contributed by atoms with E-state index in [0.29, 0.717) is 0 Å². The van der Waals surface area contributed by atoms with Gasteiger partial charge >= 0.3 is 0 Å². The largest absolute Gasteiger partial charge is 0.458 e. The third kappa shape index (κ3) is 7.66. The van der Waals surface area contributed by atoms with E-state index in [9.17, 15) is 0 Å². The molecule has 374 valence electrons. The molecule has 12 aromatic carbocycles. The lowest BCUT2D eigenvalue weighted by Gasteiger charge is -2.43. The van der Waals surface area contributed by atoms with E-state index in [0.717, 1.165) is 95.9 Å².